The zero-order chi connectivity index (χ0) is 24.9. The van der Waals surface area contributed by atoms with Crippen molar-refractivity contribution in [2.45, 2.75) is 17.5 Å². The lowest BCUT2D eigenvalue weighted by Gasteiger charge is -2.42. The van der Waals surface area contributed by atoms with Crippen molar-refractivity contribution in [2.24, 2.45) is 5.73 Å². The van der Waals surface area contributed by atoms with Crippen LogP contribution in [0.25, 0.3) is 22.0 Å². The molecule has 1 atom stereocenters. The quantitative estimate of drug-likeness (QED) is 0.535. The fourth-order valence-corrected chi connectivity index (χ4v) is 6.34. The van der Waals surface area contributed by atoms with Crippen molar-refractivity contribution in [1.29, 1.82) is 0 Å². The second kappa shape index (κ2) is 9.25. The second-order valence-electron chi connectivity index (χ2n) is 8.37. The van der Waals surface area contributed by atoms with E-state index in [2.05, 4.69) is 11.6 Å². The van der Waals surface area contributed by atoms with E-state index in [-0.39, 0.29) is 29.1 Å². The van der Waals surface area contributed by atoms with Crippen molar-refractivity contribution in [1.82, 2.24) is 14.5 Å². The summed E-state index contributed by atoms with van der Waals surface area (Å²) in [6.45, 7) is 5.43. The van der Waals surface area contributed by atoms with Gasteiger partial charge in [0.05, 0.1) is 16.6 Å². The summed E-state index contributed by atoms with van der Waals surface area (Å²) in [5.41, 5.74) is 6.82. The molecule has 3 aromatic rings. The highest BCUT2D eigenvalue weighted by molar-refractivity contribution is 7.99. The number of aromatic nitrogens is 2. The minimum absolute atomic E-state index is 0.163. The van der Waals surface area contributed by atoms with E-state index >= 15 is 0 Å². The van der Waals surface area contributed by atoms with Gasteiger partial charge in [-0.1, -0.05) is 18.2 Å². The van der Waals surface area contributed by atoms with Gasteiger partial charge in [0, 0.05) is 66.0 Å². The number of piperazine rings is 1. The Morgan fingerprint density at radius 1 is 1.29 bits per heavy atom. The van der Waals surface area contributed by atoms with E-state index in [1.165, 1.54) is 30.0 Å². The Bertz CT molecular complexity index is 1430. The maximum atomic E-state index is 14.8. The molecule has 182 valence electrons. The number of halogens is 3. The number of anilines is 1. The van der Waals surface area contributed by atoms with Gasteiger partial charge in [0.2, 0.25) is 5.91 Å². The van der Waals surface area contributed by atoms with Crippen molar-refractivity contribution < 1.29 is 13.6 Å². The van der Waals surface area contributed by atoms with Gasteiger partial charge in [0.1, 0.15) is 17.5 Å². The molecule has 0 radical (unpaired) electrons. The van der Waals surface area contributed by atoms with Crippen LogP contribution in [0.2, 0.25) is 5.02 Å². The number of benzene rings is 2. The van der Waals surface area contributed by atoms with Crippen LogP contribution in [0.5, 0.6) is 0 Å². The van der Waals surface area contributed by atoms with E-state index in [0.29, 0.717) is 59.1 Å². The summed E-state index contributed by atoms with van der Waals surface area (Å²) in [7, 11) is 0. The lowest BCUT2D eigenvalue weighted by Crippen LogP contribution is -2.57. The fourth-order valence-electron chi connectivity index (χ4n) is 4.78. The molecule has 11 heteroatoms. The number of hydrogen-bond acceptors (Lipinski definition) is 6. The van der Waals surface area contributed by atoms with E-state index < -0.39 is 17.3 Å². The molecule has 3 heterocycles. The minimum Gasteiger partial charge on any atom is -0.348 e. The average Bonchev–Trinajstić information content (AvgIpc) is 2.86. The number of hydrogen-bond donors (Lipinski definition) is 1. The molecule has 1 fully saturated rings. The van der Waals surface area contributed by atoms with Crippen LogP contribution in [0.4, 0.5) is 14.6 Å². The number of carbonyl (C=O) groups is 1. The fraction of sp³-hybridized carbons (Fsp3) is 0.292. The van der Waals surface area contributed by atoms with Gasteiger partial charge in [0.15, 0.2) is 0 Å². The molecular weight excluding hydrogens is 496 g/mol. The van der Waals surface area contributed by atoms with Crippen molar-refractivity contribution in [3.05, 3.63) is 64.1 Å². The summed E-state index contributed by atoms with van der Waals surface area (Å²) in [4.78, 5) is 33.9. The Labute approximate surface area is 209 Å². The second-order valence-corrected chi connectivity index (χ2v) is 9.88. The lowest BCUT2D eigenvalue weighted by atomic mass is 10.0. The largest absolute Gasteiger partial charge is 0.350 e. The van der Waals surface area contributed by atoms with Crippen molar-refractivity contribution in [3.8, 4) is 11.1 Å². The first-order valence-corrected chi connectivity index (χ1v) is 12.4. The molecule has 2 aromatic carbocycles. The third-order valence-electron chi connectivity index (χ3n) is 6.43. The lowest BCUT2D eigenvalue weighted by molar-refractivity contribution is -0.126. The van der Waals surface area contributed by atoms with Gasteiger partial charge in [-0.3, -0.25) is 9.36 Å². The first-order chi connectivity index (χ1) is 16.8. The summed E-state index contributed by atoms with van der Waals surface area (Å²) >= 11 is 8.19. The molecule has 0 saturated carbocycles. The van der Waals surface area contributed by atoms with Crippen molar-refractivity contribution in [3.63, 3.8) is 0 Å². The molecule has 2 aliphatic rings. The van der Waals surface area contributed by atoms with Crippen LogP contribution >= 0.6 is 23.4 Å². The van der Waals surface area contributed by atoms with Crippen LogP contribution in [-0.4, -0.2) is 58.3 Å². The van der Waals surface area contributed by atoms with Gasteiger partial charge in [-0.2, -0.15) is 4.98 Å². The summed E-state index contributed by atoms with van der Waals surface area (Å²) in [6, 6.07) is 4.76. The number of carbonyl (C=O) groups excluding carboxylic acids is 1. The number of aryl methyl sites for hydroxylation is 1. The van der Waals surface area contributed by atoms with Gasteiger partial charge in [-0.15, -0.1) is 11.8 Å². The van der Waals surface area contributed by atoms with Crippen LogP contribution in [0, 0.1) is 11.6 Å². The molecule has 5 rings (SSSR count). The van der Waals surface area contributed by atoms with E-state index in [9.17, 15) is 18.4 Å². The number of nitrogens with zero attached hydrogens (tertiary/aromatic N) is 4. The van der Waals surface area contributed by atoms with Gasteiger partial charge >= 0.3 is 5.69 Å². The van der Waals surface area contributed by atoms with E-state index in [1.54, 1.807) is 15.5 Å². The molecule has 1 saturated heterocycles. The Kier molecular flexibility index (Phi) is 6.29. The average molecular weight is 518 g/mol. The van der Waals surface area contributed by atoms with Gasteiger partial charge in [0.25, 0.3) is 0 Å². The molecular formula is C24H22ClF2N5O2S. The summed E-state index contributed by atoms with van der Waals surface area (Å²) < 4.78 is 29.9. The molecule has 0 unspecified atom stereocenters. The van der Waals surface area contributed by atoms with Crippen LogP contribution < -0.4 is 16.3 Å². The standard InChI is InChI=1S/C24H22ClF2N5O2S/c1-2-19(33)30-5-6-31(14(11-28)12-30)23-16-10-17(25)20(15-4-3-13(26)9-18(15)27)22-21(16)32(7-8-35-22)24(34)29-23/h2-4,9-10,14H,1,5-8,11-12,28H2/t14-/m0/s1. The maximum Gasteiger partial charge on any atom is 0.350 e. The van der Waals surface area contributed by atoms with Crippen molar-refractivity contribution in [2.75, 3.05) is 36.8 Å². The van der Waals surface area contributed by atoms with Crippen LogP contribution in [0.3, 0.4) is 0 Å². The van der Waals surface area contributed by atoms with E-state index in [1.807, 2.05) is 4.90 Å². The van der Waals surface area contributed by atoms with E-state index in [4.69, 9.17) is 17.3 Å². The monoisotopic (exact) mass is 517 g/mol. The smallest absolute Gasteiger partial charge is 0.348 e. The van der Waals surface area contributed by atoms with Gasteiger partial charge in [-0.05, 0) is 24.3 Å². The van der Waals surface area contributed by atoms with Crippen LogP contribution in [0.15, 0.2) is 46.6 Å². The zero-order valence-corrected chi connectivity index (χ0v) is 20.2. The molecule has 35 heavy (non-hydrogen) atoms. The predicted octanol–water partition coefficient (Wildman–Crippen LogP) is 3.26. The third-order valence-corrected chi connectivity index (χ3v) is 7.80. The normalized spacial score (nSPS) is 17.7. The molecule has 0 aliphatic carbocycles. The Balaban J connectivity index is 1.72. The van der Waals surface area contributed by atoms with Crippen LogP contribution in [-0.2, 0) is 11.3 Å². The number of amides is 1. The summed E-state index contributed by atoms with van der Waals surface area (Å²) in [6.07, 6.45) is 1.27. The predicted molar refractivity (Wildman–Crippen MR) is 134 cm³/mol. The first kappa shape index (κ1) is 23.8. The molecule has 1 amide bonds. The molecule has 0 spiro atoms. The van der Waals surface area contributed by atoms with Crippen LogP contribution in [0.1, 0.15) is 0 Å². The SMILES string of the molecule is C=CC(=O)N1CCN(c2nc(=O)n3c4c(c(-c5ccc(F)cc5F)c(Cl)cc24)SCC3)[C@@H](CN)C1. The highest BCUT2D eigenvalue weighted by atomic mass is 35.5. The zero-order valence-electron chi connectivity index (χ0n) is 18.6. The van der Waals surface area contributed by atoms with Gasteiger partial charge in [-0.25, -0.2) is 13.6 Å². The number of thioether (sulfide) groups is 1. The molecule has 7 nitrogen and oxygen atoms in total. The third kappa shape index (κ3) is 3.99. The summed E-state index contributed by atoms with van der Waals surface area (Å²) in [5, 5.41) is 0.912. The Morgan fingerprint density at radius 2 is 2.09 bits per heavy atom. The Morgan fingerprint density at radius 3 is 2.80 bits per heavy atom. The molecule has 2 N–H and O–H groups in total. The number of rotatable bonds is 4. The highest BCUT2D eigenvalue weighted by Gasteiger charge is 2.32. The molecule has 1 aromatic heterocycles. The van der Waals surface area contributed by atoms with Crippen molar-refractivity contribution >= 4 is 46.0 Å². The minimum atomic E-state index is -0.733. The number of nitrogens with two attached hydrogens (primary N) is 1. The van der Waals surface area contributed by atoms with Gasteiger partial charge < -0.3 is 15.5 Å². The summed E-state index contributed by atoms with van der Waals surface area (Å²) in [5.74, 6) is -0.595. The Hall–Kier alpha value is -2.95. The molecule has 0 bridgehead atoms. The topological polar surface area (TPSA) is 84.5 Å². The first-order valence-electron chi connectivity index (χ1n) is 11.1. The highest BCUT2D eigenvalue weighted by Crippen LogP contribution is 2.46. The molecule has 2 aliphatic heterocycles. The van der Waals surface area contributed by atoms with E-state index in [0.717, 1.165) is 6.07 Å². The maximum absolute atomic E-state index is 14.8.